The average molecular weight is 637 g/mol. The first-order valence-electron chi connectivity index (χ1n) is 13.1. The molecule has 3 aromatic carbocycles. The summed E-state index contributed by atoms with van der Waals surface area (Å²) in [7, 11) is 0. The van der Waals surface area contributed by atoms with Gasteiger partial charge < -0.3 is 14.6 Å². The summed E-state index contributed by atoms with van der Waals surface area (Å²) in [6.07, 6.45) is -0.172. The van der Waals surface area contributed by atoms with E-state index in [4.69, 9.17) is 14.5 Å². The first kappa shape index (κ1) is 30.4. The molecule has 0 spiro atoms. The van der Waals surface area contributed by atoms with E-state index >= 15 is 0 Å². The molecule has 1 aromatic heterocycles. The molecule has 1 atom stereocenters. The van der Waals surface area contributed by atoms with Gasteiger partial charge in [0.05, 0.1) is 28.6 Å². The van der Waals surface area contributed by atoms with Crippen molar-refractivity contribution < 1.29 is 24.3 Å². The van der Waals surface area contributed by atoms with Crippen LogP contribution < -0.4 is 15.0 Å². The number of rotatable bonds is 10. The topological polar surface area (TPSA) is 146 Å². The van der Waals surface area contributed by atoms with E-state index in [1.54, 1.807) is 24.3 Å². The molecule has 0 amide bonds. The van der Waals surface area contributed by atoms with Gasteiger partial charge in [-0.05, 0) is 68.1 Å². The highest BCUT2D eigenvalue weighted by Gasteiger charge is 2.25. The fourth-order valence-corrected chi connectivity index (χ4v) is 4.85. The number of carbonyl (C=O) groups is 1. The minimum atomic E-state index is -1.39. The molecular formula is C30H29BrN4O7. The molecular weight excluding hydrogens is 608 g/mol. The van der Waals surface area contributed by atoms with E-state index in [1.807, 2.05) is 39.8 Å². The third kappa shape index (κ3) is 6.18. The molecule has 0 radical (unpaired) electrons. The molecule has 1 heterocycles. The number of hydrogen-bond acceptors (Lipinski definition) is 8. The lowest BCUT2D eigenvalue weighted by Crippen LogP contribution is -2.24. The van der Waals surface area contributed by atoms with Crippen LogP contribution in [0.2, 0.25) is 0 Å². The lowest BCUT2D eigenvalue weighted by molar-refractivity contribution is -0.386. The van der Waals surface area contributed by atoms with E-state index < -0.39 is 28.2 Å². The van der Waals surface area contributed by atoms with Crippen molar-refractivity contribution in [2.45, 2.75) is 46.6 Å². The van der Waals surface area contributed by atoms with E-state index in [2.05, 4.69) is 21.0 Å². The molecule has 0 aliphatic heterocycles. The quantitative estimate of drug-likeness (QED) is 0.121. The molecule has 12 heteroatoms. The molecule has 11 nitrogen and oxygen atoms in total. The first-order valence-corrected chi connectivity index (χ1v) is 13.9. The number of aromatic nitrogens is 2. The predicted molar refractivity (Wildman–Crippen MR) is 163 cm³/mol. The molecule has 0 unspecified atom stereocenters. The van der Waals surface area contributed by atoms with Crippen LogP contribution >= 0.6 is 15.9 Å². The number of fused-ring (bicyclic) bond motifs is 1. The van der Waals surface area contributed by atoms with Gasteiger partial charge in [0.1, 0.15) is 5.75 Å². The van der Waals surface area contributed by atoms with E-state index in [9.17, 15) is 24.8 Å². The molecule has 218 valence electrons. The van der Waals surface area contributed by atoms with Crippen LogP contribution in [0.3, 0.4) is 0 Å². The van der Waals surface area contributed by atoms with Crippen molar-refractivity contribution in [3.8, 4) is 22.9 Å². The maximum atomic E-state index is 13.8. The van der Waals surface area contributed by atoms with E-state index in [1.165, 1.54) is 25.3 Å². The molecule has 0 aliphatic rings. The van der Waals surface area contributed by atoms with Crippen LogP contribution in [0.25, 0.3) is 22.3 Å². The lowest BCUT2D eigenvalue weighted by Gasteiger charge is -2.18. The molecule has 0 saturated heterocycles. The molecule has 0 saturated carbocycles. The smallest absolute Gasteiger partial charge is 0.344 e. The van der Waals surface area contributed by atoms with Gasteiger partial charge in [-0.15, -0.1) is 0 Å². The minimum absolute atomic E-state index is 0.0847. The van der Waals surface area contributed by atoms with Gasteiger partial charge in [0.25, 0.3) is 5.56 Å². The maximum absolute atomic E-state index is 13.8. The van der Waals surface area contributed by atoms with Gasteiger partial charge in [0.15, 0.2) is 11.9 Å². The molecule has 4 rings (SSSR count). The van der Waals surface area contributed by atoms with Crippen LogP contribution in [0, 0.1) is 17.0 Å². The van der Waals surface area contributed by atoms with E-state index in [0.717, 1.165) is 21.6 Å². The number of halogens is 1. The predicted octanol–water partition coefficient (Wildman–Crippen LogP) is 6.30. The minimum Gasteiger partial charge on any atom is -0.494 e. The Bertz CT molecular complexity index is 1780. The molecule has 0 aliphatic carbocycles. The molecule has 0 bridgehead atoms. The van der Waals surface area contributed by atoms with Gasteiger partial charge in [0.2, 0.25) is 5.75 Å². The first-order chi connectivity index (χ1) is 19.9. The number of carboxylic acids is 1. The number of nitrogens with zero attached hydrogens (tertiary/aromatic N) is 4. The second-order valence-corrected chi connectivity index (χ2v) is 10.7. The summed E-state index contributed by atoms with van der Waals surface area (Å²) in [6, 6.07) is 13.4. The Hall–Kier alpha value is -4.58. The third-order valence-electron chi connectivity index (χ3n) is 6.49. The van der Waals surface area contributed by atoms with E-state index in [-0.39, 0.29) is 23.1 Å². The highest BCUT2D eigenvalue weighted by atomic mass is 79.9. The molecule has 0 fully saturated rings. The number of aryl methyl sites for hydroxylation is 1. The Labute approximate surface area is 249 Å². The highest BCUT2D eigenvalue weighted by molar-refractivity contribution is 9.10. The van der Waals surface area contributed by atoms with Gasteiger partial charge in [-0.2, -0.15) is 9.78 Å². The average Bonchev–Trinajstić information content (AvgIpc) is 2.93. The summed E-state index contributed by atoms with van der Waals surface area (Å²) < 4.78 is 12.8. The van der Waals surface area contributed by atoms with Gasteiger partial charge in [-0.25, -0.2) is 9.78 Å². The number of para-hydroxylation sites is 1. The summed E-state index contributed by atoms with van der Waals surface area (Å²) in [5.41, 5.74) is 2.01. The lowest BCUT2D eigenvalue weighted by atomic mass is 9.96. The molecule has 4 aromatic rings. The Morgan fingerprint density at radius 2 is 1.93 bits per heavy atom. The largest absolute Gasteiger partial charge is 0.494 e. The number of ether oxygens (including phenoxy) is 2. The SMILES string of the molecule is CCOc1cc(C)c(-c2nc3ccccc3c(=O)n2N=Cc2cc(Br)cc([N+](=O)[O-])c2O[C@@H](C)C(=O)O)cc1C(C)C. The fourth-order valence-electron chi connectivity index (χ4n) is 4.38. The van der Waals surface area contributed by atoms with Crippen molar-refractivity contribution >= 4 is 44.7 Å². The maximum Gasteiger partial charge on any atom is 0.344 e. The van der Waals surface area contributed by atoms with Crippen molar-refractivity contribution in [3.05, 3.63) is 90.2 Å². The van der Waals surface area contributed by atoms with Crippen molar-refractivity contribution in [1.82, 2.24) is 9.66 Å². The van der Waals surface area contributed by atoms with Gasteiger partial charge >= 0.3 is 11.7 Å². The van der Waals surface area contributed by atoms with Gasteiger partial charge in [-0.3, -0.25) is 14.9 Å². The summed E-state index contributed by atoms with van der Waals surface area (Å²) in [6.45, 7) is 9.61. The van der Waals surface area contributed by atoms with Crippen LogP contribution in [0.1, 0.15) is 50.3 Å². The number of carboxylic acid groups (broad SMARTS) is 1. The number of nitro groups is 1. The van der Waals surface area contributed by atoms with Crippen LogP contribution in [-0.4, -0.2) is 44.6 Å². The van der Waals surface area contributed by atoms with Crippen LogP contribution in [-0.2, 0) is 4.79 Å². The van der Waals surface area contributed by atoms with Crippen LogP contribution in [0.5, 0.6) is 11.5 Å². The van der Waals surface area contributed by atoms with Crippen LogP contribution in [0.15, 0.2) is 62.9 Å². The van der Waals surface area contributed by atoms with Crippen molar-refractivity contribution in [2.75, 3.05) is 6.61 Å². The Balaban J connectivity index is 2.00. The second kappa shape index (κ2) is 12.5. The second-order valence-electron chi connectivity index (χ2n) is 9.81. The normalized spacial score (nSPS) is 12.2. The van der Waals surface area contributed by atoms with Gasteiger partial charge in [-0.1, -0.05) is 41.9 Å². The Morgan fingerprint density at radius 1 is 1.21 bits per heavy atom. The zero-order valence-electron chi connectivity index (χ0n) is 23.6. The standard InChI is InChI=1S/C30H29BrN4O7/c1-6-41-26-11-17(4)23(14-22(26)16(2)3)28-33-24-10-8-7-9-21(24)29(36)34(28)32-15-19-12-20(31)13-25(35(39)40)27(19)42-18(5)30(37)38/h7-16,18H,6H2,1-5H3,(H,37,38)/t18-/m0/s1. The monoisotopic (exact) mass is 636 g/mol. The zero-order chi connectivity index (χ0) is 30.7. The number of nitro benzene ring substituents is 1. The number of hydrogen-bond donors (Lipinski definition) is 1. The summed E-state index contributed by atoms with van der Waals surface area (Å²) in [4.78, 5) is 41.2. The summed E-state index contributed by atoms with van der Waals surface area (Å²) in [5, 5.41) is 26.0. The van der Waals surface area contributed by atoms with Crippen molar-refractivity contribution in [3.63, 3.8) is 0 Å². The molecule has 42 heavy (non-hydrogen) atoms. The summed E-state index contributed by atoms with van der Waals surface area (Å²) >= 11 is 3.25. The van der Waals surface area contributed by atoms with Crippen LogP contribution in [0.4, 0.5) is 5.69 Å². The van der Waals surface area contributed by atoms with Crippen molar-refractivity contribution in [2.24, 2.45) is 5.10 Å². The number of aliphatic carboxylic acids is 1. The molecule has 1 N–H and O–H groups in total. The van der Waals surface area contributed by atoms with Gasteiger partial charge in [0, 0.05) is 21.7 Å². The number of benzene rings is 3. The summed E-state index contributed by atoms with van der Waals surface area (Å²) in [5.74, 6) is -0.511. The van der Waals surface area contributed by atoms with Crippen molar-refractivity contribution in [1.29, 1.82) is 0 Å². The van der Waals surface area contributed by atoms with E-state index in [0.29, 0.717) is 27.5 Å². The fraction of sp³-hybridized carbons (Fsp3) is 0.267. The third-order valence-corrected chi connectivity index (χ3v) is 6.95. The highest BCUT2D eigenvalue weighted by Crippen LogP contribution is 2.36. The Morgan fingerprint density at radius 3 is 2.57 bits per heavy atom. The Kier molecular flexibility index (Phi) is 9.05. The zero-order valence-corrected chi connectivity index (χ0v) is 25.2.